The predicted octanol–water partition coefficient (Wildman–Crippen LogP) is 0.700. The predicted molar refractivity (Wildman–Crippen MR) is 59.9 cm³/mol. The Kier molecular flexibility index (Phi) is 4.59. The number of methoxy groups -OCH3 is 1. The van der Waals surface area contributed by atoms with Gasteiger partial charge >= 0.3 is 0 Å². The van der Waals surface area contributed by atoms with Gasteiger partial charge in [0.05, 0.1) is 13.2 Å². The van der Waals surface area contributed by atoms with Crippen LogP contribution in [0.4, 0.5) is 0 Å². The summed E-state index contributed by atoms with van der Waals surface area (Å²) in [5.41, 5.74) is 0.938. The lowest BCUT2D eigenvalue weighted by molar-refractivity contribution is -0.689. The van der Waals surface area contributed by atoms with E-state index in [-0.39, 0.29) is 0 Å². The maximum atomic E-state index is 9.86. The standard InChI is InChI=1S/C12H19NO2/c1-9(2)13-8-12(14)10-4-6-11(15-3)7-5-10/h4-7,9,12-14H,8H2,1-3H3/p+1. The number of hydrogen-bond donors (Lipinski definition) is 2. The largest absolute Gasteiger partial charge is 0.497 e. The summed E-state index contributed by atoms with van der Waals surface area (Å²) in [6, 6.07) is 8.05. The molecule has 0 aliphatic carbocycles. The number of ether oxygens (including phenoxy) is 1. The molecule has 0 saturated heterocycles. The van der Waals surface area contributed by atoms with Gasteiger partial charge < -0.3 is 15.2 Å². The lowest BCUT2D eigenvalue weighted by atomic mass is 10.1. The molecule has 1 rings (SSSR count). The number of aliphatic hydroxyl groups is 1. The summed E-state index contributed by atoms with van der Waals surface area (Å²) in [4.78, 5) is 0. The Bertz CT molecular complexity index is 282. The van der Waals surface area contributed by atoms with Crippen molar-refractivity contribution in [1.82, 2.24) is 0 Å². The smallest absolute Gasteiger partial charge is 0.128 e. The molecule has 0 saturated carbocycles. The van der Waals surface area contributed by atoms with Crippen molar-refractivity contribution >= 4 is 0 Å². The summed E-state index contributed by atoms with van der Waals surface area (Å²) in [7, 11) is 1.64. The molecule has 0 radical (unpaired) electrons. The fourth-order valence-corrected chi connectivity index (χ4v) is 1.36. The Labute approximate surface area is 91.1 Å². The second-order valence-corrected chi connectivity index (χ2v) is 4.00. The molecule has 0 fully saturated rings. The van der Waals surface area contributed by atoms with Crippen LogP contribution >= 0.6 is 0 Å². The van der Waals surface area contributed by atoms with Gasteiger partial charge in [-0.25, -0.2) is 0 Å². The molecule has 0 aliphatic rings. The van der Waals surface area contributed by atoms with E-state index in [1.165, 1.54) is 0 Å². The van der Waals surface area contributed by atoms with Crippen LogP contribution < -0.4 is 10.1 Å². The van der Waals surface area contributed by atoms with Crippen molar-refractivity contribution in [2.24, 2.45) is 0 Å². The summed E-state index contributed by atoms with van der Waals surface area (Å²) in [6.45, 7) is 4.92. The van der Waals surface area contributed by atoms with E-state index in [0.717, 1.165) is 11.3 Å². The zero-order valence-corrected chi connectivity index (χ0v) is 9.60. The first-order valence-electron chi connectivity index (χ1n) is 5.29. The highest BCUT2D eigenvalue weighted by Gasteiger charge is 2.10. The van der Waals surface area contributed by atoms with Crippen molar-refractivity contribution in [3.63, 3.8) is 0 Å². The van der Waals surface area contributed by atoms with Crippen molar-refractivity contribution < 1.29 is 15.2 Å². The van der Waals surface area contributed by atoms with Gasteiger partial charge in [-0.1, -0.05) is 12.1 Å². The molecule has 1 unspecified atom stereocenters. The van der Waals surface area contributed by atoms with Crippen molar-refractivity contribution in [2.75, 3.05) is 13.7 Å². The maximum absolute atomic E-state index is 9.86. The third-order valence-corrected chi connectivity index (χ3v) is 2.33. The number of nitrogens with two attached hydrogens (primary N) is 1. The third-order valence-electron chi connectivity index (χ3n) is 2.33. The van der Waals surface area contributed by atoms with E-state index in [1.807, 2.05) is 24.3 Å². The number of quaternary nitrogens is 1. The zero-order chi connectivity index (χ0) is 11.3. The highest BCUT2D eigenvalue weighted by atomic mass is 16.5. The van der Waals surface area contributed by atoms with Crippen LogP contribution in [0.15, 0.2) is 24.3 Å². The molecule has 0 amide bonds. The van der Waals surface area contributed by atoms with Crippen molar-refractivity contribution in [3.8, 4) is 5.75 Å². The van der Waals surface area contributed by atoms with E-state index in [9.17, 15) is 5.11 Å². The zero-order valence-electron chi connectivity index (χ0n) is 9.60. The van der Waals surface area contributed by atoms with E-state index in [4.69, 9.17) is 4.74 Å². The van der Waals surface area contributed by atoms with Gasteiger partial charge in [0.2, 0.25) is 0 Å². The topological polar surface area (TPSA) is 46.1 Å². The van der Waals surface area contributed by atoms with Gasteiger partial charge in [-0.15, -0.1) is 0 Å². The van der Waals surface area contributed by atoms with Crippen LogP contribution in [0.3, 0.4) is 0 Å². The number of rotatable bonds is 5. The summed E-state index contributed by atoms with van der Waals surface area (Å²) in [6.07, 6.45) is -0.404. The van der Waals surface area contributed by atoms with Gasteiger partial charge in [-0.05, 0) is 31.5 Å². The molecule has 1 aromatic carbocycles. The Hall–Kier alpha value is -1.06. The lowest BCUT2D eigenvalue weighted by Gasteiger charge is -2.12. The fourth-order valence-electron chi connectivity index (χ4n) is 1.36. The molecule has 3 nitrogen and oxygen atoms in total. The molecule has 0 bridgehead atoms. The Morgan fingerprint density at radius 2 is 1.87 bits per heavy atom. The molecule has 15 heavy (non-hydrogen) atoms. The Morgan fingerprint density at radius 3 is 2.33 bits per heavy atom. The number of benzene rings is 1. The highest BCUT2D eigenvalue weighted by Crippen LogP contribution is 2.16. The van der Waals surface area contributed by atoms with Gasteiger partial charge in [0.1, 0.15) is 18.4 Å². The maximum Gasteiger partial charge on any atom is 0.128 e. The van der Waals surface area contributed by atoms with E-state index in [1.54, 1.807) is 7.11 Å². The van der Waals surface area contributed by atoms with Crippen LogP contribution in [0, 0.1) is 0 Å². The molecular formula is C12H20NO2+. The van der Waals surface area contributed by atoms with Gasteiger partial charge in [-0.2, -0.15) is 0 Å². The molecule has 0 heterocycles. The minimum absolute atomic E-state index is 0.404. The van der Waals surface area contributed by atoms with Crippen LogP contribution in [0.25, 0.3) is 0 Å². The normalized spacial score (nSPS) is 12.9. The molecule has 0 aliphatic heterocycles. The molecule has 3 heteroatoms. The minimum atomic E-state index is -0.404. The monoisotopic (exact) mass is 210 g/mol. The van der Waals surface area contributed by atoms with Gasteiger partial charge in [0.25, 0.3) is 0 Å². The molecule has 0 aromatic heterocycles. The quantitative estimate of drug-likeness (QED) is 0.751. The van der Waals surface area contributed by atoms with Crippen LogP contribution in [-0.2, 0) is 0 Å². The second-order valence-electron chi connectivity index (χ2n) is 4.00. The van der Waals surface area contributed by atoms with Crippen molar-refractivity contribution in [2.45, 2.75) is 26.0 Å². The average Bonchev–Trinajstić information content (AvgIpc) is 2.26. The van der Waals surface area contributed by atoms with Crippen molar-refractivity contribution in [3.05, 3.63) is 29.8 Å². The average molecular weight is 210 g/mol. The second kappa shape index (κ2) is 5.73. The molecule has 1 atom stereocenters. The highest BCUT2D eigenvalue weighted by molar-refractivity contribution is 5.28. The first-order chi connectivity index (χ1) is 7.13. The summed E-state index contributed by atoms with van der Waals surface area (Å²) in [5.74, 6) is 0.818. The van der Waals surface area contributed by atoms with E-state index >= 15 is 0 Å². The number of aliphatic hydroxyl groups excluding tert-OH is 1. The van der Waals surface area contributed by atoms with Gasteiger partial charge in [0, 0.05) is 0 Å². The summed E-state index contributed by atoms with van der Waals surface area (Å²) >= 11 is 0. The SMILES string of the molecule is COc1ccc(C(O)C[NH2+]C(C)C)cc1. The van der Waals surface area contributed by atoms with E-state index in [2.05, 4.69) is 19.2 Å². The lowest BCUT2D eigenvalue weighted by Crippen LogP contribution is -2.89. The summed E-state index contributed by atoms with van der Waals surface area (Å²) < 4.78 is 5.06. The van der Waals surface area contributed by atoms with E-state index < -0.39 is 6.10 Å². The fraction of sp³-hybridized carbons (Fsp3) is 0.500. The molecule has 84 valence electrons. The first-order valence-corrected chi connectivity index (χ1v) is 5.29. The Balaban J connectivity index is 2.54. The molecular weight excluding hydrogens is 190 g/mol. The summed E-state index contributed by atoms with van der Waals surface area (Å²) in [5, 5.41) is 12.0. The third kappa shape index (κ3) is 3.90. The van der Waals surface area contributed by atoms with Gasteiger partial charge in [0.15, 0.2) is 0 Å². The van der Waals surface area contributed by atoms with Crippen LogP contribution in [0.1, 0.15) is 25.5 Å². The van der Waals surface area contributed by atoms with Gasteiger partial charge in [-0.3, -0.25) is 0 Å². The minimum Gasteiger partial charge on any atom is -0.497 e. The van der Waals surface area contributed by atoms with Crippen LogP contribution in [0.5, 0.6) is 5.75 Å². The van der Waals surface area contributed by atoms with E-state index in [0.29, 0.717) is 12.6 Å². The molecule has 0 spiro atoms. The van der Waals surface area contributed by atoms with Crippen LogP contribution in [-0.4, -0.2) is 24.8 Å². The van der Waals surface area contributed by atoms with Crippen LogP contribution in [0.2, 0.25) is 0 Å². The number of hydrogen-bond acceptors (Lipinski definition) is 2. The first kappa shape index (κ1) is 12.0. The molecule has 1 aromatic rings. The molecule has 3 N–H and O–H groups in total. The van der Waals surface area contributed by atoms with Crippen molar-refractivity contribution in [1.29, 1.82) is 0 Å². The Morgan fingerprint density at radius 1 is 1.27 bits per heavy atom.